The minimum Gasteiger partial charge on any atom is -0.493 e. The Bertz CT molecular complexity index is 635. The topological polar surface area (TPSA) is 30.5 Å². The second kappa shape index (κ2) is 7.21. The van der Waals surface area contributed by atoms with Gasteiger partial charge in [-0.1, -0.05) is 18.2 Å². The molecule has 0 aliphatic rings. The number of ether oxygens (including phenoxy) is 2. The number of benzene rings is 2. The molecule has 2 aromatic rings. The van der Waals surface area contributed by atoms with Crippen molar-refractivity contribution < 1.29 is 9.47 Å². The summed E-state index contributed by atoms with van der Waals surface area (Å²) in [6.07, 6.45) is 0.108. The molecule has 0 aliphatic carbocycles. The van der Waals surface area contributed by atoms with Crippen molar-refractivity contribution in [3.63, 3.8) is 0 Å². The summed E-state index contributed by atoms with van der Waals surface area (Å²) in [7, 11) is 1.67. The lowest BCUT2D eigenvalue weighted by molar-refractivity contribution is 0.228. The molecule has 0 amide bonds. The van der Waals surface area contributed by atoms with Gasteiger partial charge in [0.05, 0.1) is 13.2 Å². The van der Waals surface area contributed by atoms with E-state index in [1.54, 1.807) is 7.11 Å². The Morgan fingerprint density at radius 3 is 2.45 bits per heavy atom. The van der Waals surface area contributed by atoms with Gasteiger partial charge in [0.1, 0.15) is 0 Å². The van der Waals surface area contributed by atoms with Crippen LogP contribution in [-0.4, -0.2) is 13.2 Å². The van der Waals surface area contributed by atoms with Crippen LogP contribution in [0.3, 0.4) is 0 Å². The van der Waals surface area contributed by atoms with Gasteiger partial charge < -0.3 is 14.8 Å². The van der Waals surface area contributed by atoms with Crippen LogP contribution in [0.25, 0.3) is 0 Å². The first-order valence-electron chi connectivity index (χ1n) is 7.65. The number of hydrogen-bond acceptors (Lipinski definition) is 3. The molecule has 0 unspecified atom stereocenters. The molecule has 0 saturated heterocycles. The molecular weight excluding hydrogens is 274 g/mol. The van der Waals surface area contributed by atoms with Crippen LogP contribution >= 0.6 is 0 Å². The Balaban J connectivity index is 2.19. The van der Waals surface area contributed by atoms with Crippen LogP contribution in [0.5, 0.6) is 11.5 Å². The lowest BCUT2D eigenvalue weighted by Gasteiger charge is -2.18. The molecule has 0 spiro atoms. The summed E-state index contributed by atoms with van der Waals surface area (Å²) in [5, 5.41) is 3.46. The number of methoxy groups -OCH3 is 1. The highest BCUT2D eigenvalue weighted by molar-refractivity contribution is 5.52. The molecule has 0 fully saturated rings. The van der Waals surface area contributed by atoms with Gasteiger partial charge in [-0.05, 0) is 57.0 Å². The van der Waals surface area contributed by atoms with Crippen molar-refractivity contribution >= 4 is 5.69 Å². The fourth-order valence-electron chi connectivity index (χ4n) is 2.28. The number of hydrogen-bond donors (Lipinski definition) is 1. The van der Waals surface area contributed by atoms with E-state index in [1.807, 2.05) is 26.0 Å². The van der Waals surface area contributed by atoms with Crippen LogP contribution in [0.15, 0.2) is 36.4 Å². The van der Waals surface area contributed by atoms with E-state index in [-0.39, 0.29) is 6.10 Å². The van der Waals surface area contributed by atoms with Gasteiger partial charge in [-0.15, -0.1) is 0 Å². The van der Waals surface area contributed by atoms with Crippen molar-refractivity contribution in [1.82, 2.24) is 0 Å². The highest BCUT2D eigenvalue weighted by Gasteiger charge is 2.12. The highest BCUT2D eigenvalue weighted by atomic mass is 16.5. The van der Waals surface area contributed by atoms with Crippen LogP contribution < -0.4 is 14.8 Å². The molecule has 2 rings (SSSR count). The largest absolute Gasteiger partial charge is 0.493 e. The summed E-state index contributed by atoms with van der Waals surface area (Å²) in [4.78, 5) is 0. The van der Waals surface area contributed by atoms with Gasteiger partial charge in [0.25, 0.3) is 0 Å². The summed E-state index contributed by atoms with van der Waals surface area (Å²) >= 11 is 0. The van der Waals surface area contributed by atoms with E-state index in [1.165, 1.54) is 11.1 Å². The quantitative estimate of drug-likeness (QED) is 0.838. The van der Waals surface area contributed by atoms with Crippen molar-refractivity contribution in [1.29, 1.82) is 0 Å². The Morgan fingerprint density at radius 1 is 1.05 bits per heavy atom. The maximum Gasteiger partial charge on any atom is 0.166 e. The fourth-order valence-corrected chi connectivity index (χ4v) is 2.28. The van der Waals surface area contributed by atoms with Crippen LogP contribution in [0, 0.1) is 13.8 Å². The zero-order valence-electron chi connectivity index (χ0n) is 14.1. The van der Waals surface area contributed by atoms with Crippen LogP contribution in [0.2, 0.25) is 0 Å². The zero-order chi connectivity index (χ0) is 16.1. The molecule has 3 heteroatoms. The summed E-state index contributed by atoms with van der Waals surface area (Å²) in [5.74, 6) is 1.59. The Kier molecular flexibility index (Phi) is 5.31. The summed E-state index contributed by atoms with van der Waals surface area (Å²) in [6, 6.07) is 12.4. The lowest BCUT2D eigenvalue weighted by atomic mass is 10.1. The van der Waals surface area contributed by atoms with E-state index >= 15 is 0 Å². The second-order valence-electron chi connectivity index (χ2n) is 5.77. The standard InChI is InChI=1S/C19H25NO2/c1-13(2)22-19-16(7-6-8-18(19)21-5)12-20-17-10-9-14(3)15(4)11-17/h6-11,13,20H,12H2,1-5H3. The van der Waals surface area contributed by atoms with Gasteiger partial charge >= 0.3 is 0 Å². The molecule has 1 N–H and O–H groups in total. The summed E-state index contributed by atoms with van der Waals surface area (Å²) < 4.78 is 11.4. The Morgan fingerprint density at radius 2 is 1.82 bits per heavy atom. The number of rotatable bonds is 6. The van der Waals surface area contributed by atoms with Gasteiger partial charge in [-0.3, -0.25) is 0 Å². The normalized spacial score (nSPS) is 10.6. The molecule has 0 atom stereocenters. The molecule has 0 radical (unpaired) electrons. The number of anilines is 1. The smallest absolute Gasteiger partial charge is 0.166 e. The Hall–Kier alpha value is -2.16. The average molecular weight is 299 g/mol. The number of aryl methyl sites for hydroxylation is 2. The Labute approximate surface area is 133 Å². The van der Waals surface area contributed by atoms with Crippen LogP contribution in [0.1, 0.15) is 30.5 Å². The molecule has 0 bridgehead atoms. The minimum atomic E-state index is 0.108. The first-order chi connectivity index (χ1) is 10.5. The molecule has 0 saturated carbocycles. The van der Waals surface area contributed by atoms with Crippen molar-refractivity contribution in [2.75, 3.05) is 12.4 Å². The average Bonchev–Trinajstić information content (AvgIpc) is 2.49. The molecule has 0 aliphatic heterocycles. The van der Waals surface area contributed by atoms with Crippen LogP contribution in [0.4, 0.5) is 5.69 Å². The van der Waals surface area contributed by atoms with E-state index in [9.17, 15) is 0 Å². The first-order valence-corrected chi connectivity index (χ1v) is 7.65. The minimum absolute atomic E-state index is 0.108. The van der Waals surface area contributed by atoms with Crippen molar-refractivity contribution in [3.05, 3.63) is 53.1 Å². The fraction of sp³-hybridized carbons (Fsp3) is 0.368. The first kappa shape index (κ1) is 16.2. The zero-order valence-corrected chi connectivity index (χ0v) is 14.1. The van der Waals surface area contributed by atoms with Gasteiger partial charge in [0, 0.05) is 17.8 Å². The van der Waals surface area contributed by atoms with E-state index in [2.05, 4.69) is 43.4 Å². The number of nitrogens with one attached hydrogen (secondary N) is 1. The summed E-state index contributed by atoms with van der Waals surface area (Å²) in [6.45, 7) is 8.98. The van der Waals surface area contributed by atoms with E-state index in [0.717, 1.165) is 22.7 Å². The SMILES string of the molecule is COc1cccc(CNc2ccc(C)c(C)c2)c1OC(C)C. The van der Waals surface area contributed by atoms with E-state index < -0.39 is 0 Å². The van der Waals surface area contributed by atoms with Gasteiger partial charge in [-0.2, -0.15) is 0 Å². The molecule has 118 valence electrons. The van der Waals surface area contributed by atoms with E-state index in [4.69, 9.17) is 9.47 Å². The maximum absolute atomic E-state index is 5.93. The predicted octanol–water partition coefficient (Wildman–Crippen LogP) is 4.71. The maximum atomic E-state index is 5.93. The third-order valence-electron chi connectivity index (χ3n) is 3.62. The molecule has 0 heterocycles. The van der Waals surface area contributed by atoms with Crippen molar-refractivity contribution in [2.24, 2.45) is 0 Å². The third-order valence-corrected chi connectivity index (χ3v) is 3.62. The van der Waals surface area contributed by atoms with Crippen LogP contribution in [-0.2, 0) is 6.54 Å². The van der Waals surface area contributed by atoms with Gasteiger partial charge in [0.2, 0.25) is 0 Å². The summed E-state index contributed by atoms with van der Waals surface area (Å²) in [5.41, 5.74) is 4.79. The van der Waals surface area contributed by atoms with Crippen molar-refractivity contribution in [3.8, 4) is 11.5 Å². The number of para-hydroxylation sites is 1. The molecule has 22 heavy (non-hydrogen) atoms. The molecular formula is C19H25NO2. The monoisotopic (exact) mass is 299 g/mol. The predicted molar refractivity (Wildman–Crippen MR) is 92.0 cm³/mol. The third kappa shape index (κ3) is 3.94. The van der Waals surface area contributed by atoms with Crippen molar-refractivity contribution in [2.45, 2.75) is 40.3 Å². The molecule has 2 aromatic carbocycles. The molecule has 3 nitrogen and oxygen atoms in total. The lowest BCUT2D eigenvalue weighted by Crippen LogP contribution is -2.10. The highest BCUT2D eigenvalue weighted by Crippen LogP contribution is 2.32. The van der Waals surface area contributed by atoms with Gasteiger partial charge in [-0.25, -0.2) is 0 Å². The second-order valence-corrected chi connectivity index (χ2v) is 5.77. The molecule has 0 aromatic heterocycles. The van der Waals surface area contributed by atoms with E-state index in [0.29, 0.717) is 6.54 Å². The van der Waals surface area contributed by atoms with Gasteiger partial charge in [0.15, 0.2) is 11.5 Å².